The lowest BCUT2D eigenvalue weighted by Crippen LogP contribution is -2.23. The van der Waals surface area contributed by atoms with Crippen LogP contribution < -0.4 is 5.32 Å². The van der Waals surface area contributed by atoms with Crippen molar-refractivity contribution in [2.24, 2.45) is 0 Å². The van der Waals surface area contributed by atoms with Crippen LogP contribution in [0.25, 0.3) is 0 Å². The van der Waals surface area contributed by atoms with E-state index in [2.05, 4.69) is 20.4 Å². The quantitative estimate of drug-likeness (QED) is 0.679. The predicted octanol–water partition coefficient (Wildman–Crippen LogP) is 3.37. The van der Waals surface area contributed by atoms with Crippen LogP contribution in [0.4, 0.5) is 0 Å². The van der Waals surface area contributed by atoms with E-state index < -0.39 is 0 Å². The molecule has 8 heteroatoms. The third-order valence-electron chi connectivity index (χ3n) is 3.15. The van der Waals surface area contributed by atoms with Crippen LogP contribution in [0.1, 0.15) is 32.5 Å². The number of nitrogens with zero attached hydrogens (tertiary/aromatic N) is 3. The van der Waals surface area contributed by atoms with Crippen LogP contribution in [-0.4, -0.2) is 21.0 Å². The number of rotatable bonds is 6. The number of thiazole rings is 1. The van der Waals surface area contributed by atoms with Crippen molar-refractivity contribution in [1.82, 2.24) is 20.4 Å². The normalized spacial score (nSPS) is 10.8. The highest BCUT2D eigenvalue weighted by atomic mass is 32.2. The third-order valence-corrected chi connectivity index (χ3v) is 5.01. The summed E-state index contributed by atoms with van der Waals surface area (Å²) in [4.78, 5) is 21.1. The molecule has 0 saturated carbocycles. The molecule has 0 atom stereocenters. The van der Waals surface area contributed by atoms with Crippen LogP contribution in [0, 0.1) is 13.8 Å². The van der Waals surface area contributed by atoms with Crippen LogP contribution in [0.5, 0.6) is 0 Å². The lowest BCUT2D eigenvalue weighted by molar-refractivity contribution is 0.0947. The minimum Gasteiger partial charge on any atom is -0.361 e. The van der Waals surface area contributed by atoms with E-state index in [0.29, 0.717) is 22.9 Å². The molecule has 0 saturated heterocycles. The predicted molar refractivity (Wildman–Crippen MR) is 93.1 cm³/mol. The molecule has 0 fully saturated rings. The molecule has 24 heavy (non-hydrogen) atoms. The van der Waals surface area contributed by atoms with Crippen LogP contribution in [0.3, 0.4) is 0 Å². The summed E-state index contributed by atoms with van der Waals surface area (Å²) in [5.74, 6) is 1.20. The van der Waals surface area contributed by atoms with Crippen molar-refractivity contribution in [3.8, 4) is 0 Å². The highest BCUT2D eigenvalue weighted by Crippen LogP contribution is 2.24. The maximum Gasteiger partial charge on any atom is 0.254 e. The van der Waals surface area contributed by atoms with Crippen LogP contribution in [0.15, 0.2) is 39.3 Å². The van der Waals surface area contributed by atoms with Crippen LogP contribution >= 0.6 is 23.1 Å². The molecule has 6 nitrogen and oxygen atoms in total. The first-order chi connectivity index (χ1) is 11.6. The minimum absolute atomic E-state index is 0.160. The van der Waals surface area contributed by atoms with Gasteiger partial charge in [0.2, 0.25) is 0 Å². The molecule has 1 N–H and O–H groups in total. The fourth-order valence-electron chi connectivity index (χ4n) is 2.06. The van der Waals surface area contributed by atoms with Crippen molar-refractivity contribution < 1.29 is 9.32 Å². The maximum atomic E-state index is 12.4. The second-order valence-electron chi connectivity index (χ2n) is 5.11. The molecule has 0 unspecified atom stereocenters. The summed E-state index contributed by atoms with van der Waals surface area (Å²) in [6.07, 6.45) is 1.68. The maximum absolute atomic E-state index is 12.4. The average molecular weight is 360 g/mol. The molecular formula is C16H16N4O2S2. The first kappa shape index (κ1) is 16.7. The highest BCUT2D eigenvalue weighted by Gasteiger charge is 2.14. The summed E-state index contributed by atoms with van der Waals surface area (Å²) in [6, 6.07) is 5.40. The van der Waals surface area contributed by atoms with E-state index in [1.54, 1.807) is 29.7 Å². The standard InChI is InChI=1S/C16H16N4O2S2/c1-10-6-12(20-22-10)8-24-16-14(4-3-5-17-16)15(21)18-7-13-9-23-11(2)19-13/h3-6,9H,7-8H2,1-2H3,(H,18,21). The van der Waals surface area contributed by atoms with E-state index in [1.807, 2.05) is 25.3 Å². The summed E-state index contributed by atoms with van der Waals surface area (Å²) in [5, 5.41) is 10.4. The molecule has 0 aliphatic heterocycles. The van der Waals surface area contributed by atoms with Crippen molar-refractivity contribution in [2.45, 2.75) is 31.2 Å². The van der Waals surface area contributed by atoms with Gasteiger partial charge in [-0.15, -0.1) is 11.3 Å². The van der Waals surface area contributed by atoms with E-state index in [9.17, 15) is 4.79 Å². The third kappa shape index (κ3) is 4.21. The molecule has 124 valence electrons. The molecule has 0 radical (unpaired) electrons. The zero-order chi connectivity index (χ0) is 16.9. The number of hydrogen-bond donors (Lipinski definition) is 1. The van der Waals surface area contributed by atoms with Crippen molar-refractivity contribution >= 4 is 29.0 Å². The minimum atomic E-state index is -0.160. The van der Waals surface area contributed by atoms with Gasteiger partial charge in [-0.05, 0) is 26.0 Å². The summed E-state index contributed by atoms with van der Waals surface area (Å²) in [6.45, 7) is 4.20. The fourth-order valence-corrected chi connectivity index (χ4v) is 3.55. The molecule has 1 amide bonds. The number of hydrogen-bond acceptors (Lipinski definition) is 7. The molecule has 0 spiro atoms. The van der Waals surface area contributed by atoms with Crippen molar-refractivity contribution in [1.29, 1.82) is 0 Å². The molecule has 3 rings (SSSR count). The van der Waals surface area contributed by atoms with E-state index in [1.165, 1.54) is 11.8 Å². The summed E-state index contributed by atoms with van der Waals surface area (Å²) < 4.78 is 5.05. The van der Waals surface area contributed by atoms with Gasteiger partial charge in [0.15, 0.2) is 0 Å². The van der Waals surface area contributed by atoms with Gasteiger partial charge in [0, 0.05) is 23.4 Å². The molecular weight excluding hydrogens is 344 g/mol. The Morgan fingerprint density at radius 1 is 1.38 bits per heavy atom. The SMILES string of the molecule is Cc1cc(CSc2ncccc2C(=O)NCc2csc(C)n2)no1. The molecule has 0 aliphatic carbocycles. The summed E-state index contributed by atoms with van der Waals surface area (Å²) in [5.41, 5.74) is 2.24. The lowest BCUT2D eigenvalue weighted by Gasteiger charge is -2.07. The summed E-state index contributed by atoms with van der Waals surface area (Å²) in [7, 11) is 0. The molecule has 0 aromatic carbocycles. The molecule has 3 aromatic heterocycles. The number of carbonyl (C=O) groups is 1. The second-order valence-corrected chi connectivity index (χ2v) is 7.14. The van der Waals surface area contributed by atoms with Gasteiger partial charge in [-0.25, -0.2) is 9.97 Å². The first-order valence-corrected chi connectivity index (χ1v) is 9.17. The number of thioether (sulfide) groups is 1. The number of aryl methyl sites for hydroxylation is 2. The largest absolute Gasteiger partial charge is 0.361 e. The number of pyridine rings is 1. The topological polar surface area (TPSA) is 80.9 Å². The lowest BCUT2D eigenvalue weighted by atomic mass is 10.2. The summed E-state index contributed by atoms with van der Waals surface area (Å²) >= 11 is 3.03. The highest BCUT2D eigenvalue weighted by molar-refractivity contribution is 7.98. The van der Waals surface area contributed by atoms with E-state index >= 15 is 0 Å². The molecule has 3 aromatic rings. The Balaban J connectivity index is 1.65. The molecule has 0 aliphatic rings. The van der Waals surface area contributed by atoms with Gasteiger partial charge in [-0.2, -0.15) is 0 Å². The average Bonchev–Trinajstić information content (AvgIpc) is 3.19. The monoisotopic (exact) mass is 360 g/mol. The van der Waals surface area contributed by atoms with Crippen molar-refractivity contribution in [3.63, 3.8) is 0 Å². The van der Waals surface area contributed by atoms with Gasteiger partial charge >= 0.3 is 0 Å². The zero-order valence-corrected chi connectivity index (χ0v) is 14.9. The Labute approximate surface area is 147 Å². The van der Waals surface area contributed by atoms with Crippen LogP contribution in [-0.2, 0) is 12.3 Å². The Kier molecular flexibility index (Phi) is 5.27. The van der Waals surface area contributed by atoms with Crippen LogP contribution in [0.2, 0.25) is 0 Å². The Morgan fingerprint density at radius 2 is 2.25 bits per heavy atom. The van der Waals surface area contributed by atoms with Gasteiger partial charge in [0.05, 0.1) is 28.5 Å². The van der Waals surface area contributed by atoms with E-state index in [0.717, 1.165) is 22.2 Å². The van der Waals surface area contributed by atoms with Gasteiger partial charge in [-0.1, -0.05) is 16.9 Å². The van der Waals surface area contributed by atoms with Crippen molar-refractivity contribution in [3.05, 3.63) is 57.5 Å². The molecule has 3 heterocycles. The number of amides is 1. The second kappa shape index (κ2) is 7.59. The smallest absolute Gasteiger partial charge is 0.254 e. The fraction of sp³-hybridized carbons (Fsp3) is 0.250. The zero-order valence-electron chi connectivity index (χ0n) is 13.3. The van der Waals surface area contributed by atoms with Gasteiger partial charge in [0.25, 0.3) is 5.91 Å². The van der Waals surface area contributed by atoms with Crippen molar-refractivity contribution in [2.75, 3.05) is 0 Å². The van der Waals surface area contributed by atoms with E-state index in [4.69, 9.17) is 4.52 Å². The van der Waals surface area contributed by atoms with E-state index in [-0.39, 0.29) is 5.91 Å². The number of nitrogens with one attached hydrogen (secondary N) is 1. The number of aromatic nitrogens is 3. The van der Waals surface area contributed by atoms with Gasteiger partial charge < -0.3 is 9.84 Å². The molecule has 0 bridgehead atoms. The Bertz CT molecular complexity index is 844. The Morgan fingerprint density at radius 3 is 2.96 bits per heavy atom. The van der Waals surface area contributed by atoms with Gasteiger partial charge in [0.1, 0.15) is 10.8 Å². The van der Waals surface area contributed by atoms with Gasteiger partial charge in [-0.3, -0.25) is 4.79 Å². The first-order valence-electron chi connectivity index (χ1n) is 7.31. The number of carbonyl (C=O) groups excluding carboxylic acids is 1. The Hall–Kier alpha value is -2.19.